The van der Waals surface area contributed by atoms with E-state index in [0.717, 1.165) is 24.1 Å². The summed E-state index contributed by atoms with van der Waals surface area (Å²) >= 11 is 0. The first-order valence-corrected chi connectivity index (χ1v) is 21.0. The molecule has 10 heteroatoms. The molecular formula is C43H53F2N3O4Si. The number of aromatic nitrogens is 2. The summed E-state index contributed by atoms with van der Waals surface area (Å²) in [6.07, 6.45) is 7.19. The van der Waals surface area contributed by atoms with Crippen LogP contribution in [0.2, 0.25) is 16.6 Å². The minimum Gasteiger partial charge on any atom is -0.468 e. The van der Waals surface area contributed by atoms with Crippen LogP contribution >= 0.6 is 0 Å². The van der Waals surface area contributed by atoms with E-state index in [9.17, 15) is 4.79 Å². The maximum absolute atomic E-state index is 17.2. The van der Waals surface area contributed by atoms with Gasteiger partial charge in [0.15, 0.2) is 12.6 Å². The predicted molar refractivity (Wildman–Crippen MR) is 211 cm³/mol. The molecule has 2 bridgehead atoms. The standard InChI is InChI=1S/C43H53F2N3O4Si/c1-25(2)53(26(3)4,27(5)6)17-16-33-35(44)15-13-29-18-32(51-24-50-11)20-34(39(29)33)41-40(45)38-28(7)22-48(37(38)21-46-41)36-19-31-14-12-30(36)23-47(31)42(49)52-43(8,9)10/h13,15,18-22,25-27,30-31H,12,14,23-24H2,1-11H3. The Morgan fingerprint density at radius 1 is 1.04 bits per heavy atom. The topological polar surface area (TPSA) is 65.8 Å². The molecule has 2 unspecified atom stereocenters. The van der Waals surface area contributed by atoms with E-state index in [1.807, 2.05) is 44.5 Å². The van der Waals surface area contributed by atoms with Crippen molar-refractivity contribution in [1.29, 1.82) is 0 Å². The van der Waals surface area contributed by atoms with E-state index in [-0.39, 0.29) is 36.1 Å². The zero-order valence-corrected chi connectivity index (χ0v) is 34.0. The molecule has 4 aromatic rings. The Kier molecular flexibility index (Phi) is 10.6. The SMILES string of the molecule is COCOc1cc(-c2ncc3c(c(C)cn3C3=CC4CCC3CN4C(=O)OC(C)(C)C)c2F)c2c(C#C[Si](C(C)C)(C(C)C)C(C)C)c(F)ccc2c1. The molecule has 282 valence electrons. The summed E-state index contributed by atoms with van der Waals surface area (Å²) in [6.45, 7) is 21.3. The number of piperidine rings is 1. The van der Waals surface area contributed by atoms with Crippen LogP contribution in [0.4, 0.5) is 13.6 Å². The van der Waals surface area contributed by atoms with Crippen molar-refractivity contribution in [3.63, 3.8) is 0 Å². The van der Waals surface area contributed by atoms with Gasteiger partial charge in [-0.3, -0.25) is 4.98 Å². The molecule has 0 N–H and O–H groups in total. The molecule has 7 nitrogen and oxygen atoms in total. The normalized spacial score (nSPS) is 17.6. The first-order chi connectivity index (χ1) is 25.0. The molecule has 53 heavy (non-hydrogen) atoms. The van der Waals surface area contributed by atoms with Crippen molar-refractivity contribution < 1.29 is 27.8 Å². The number of benzene rings is 2. The van der Waals surface area contributed by atoms with Crippen molar-refractivity contribution in [3.05, 3.63) is 65.5 Å². The molecule has 0 spiro atoms. The number of methoxy groups -OCH3 is 1. The van der Waals surface area contributed by atoms with Crippen LogP contribution in [-0.2, 0) is 9.47 Å². The van der Waals surface area contributed by atoms with Crippen molar-refractivity contribution in [2.45, 2.75) is 110 Å². The molecule has 2 aromatic heterocycles. The summed E-state index contributed by atoms with van der Waals surface area (Å²) < 4.78 is 52.0. The van der Waals surface area contributed by atoms with Gasteiger partial charge in [-0.1, -0.05) is 53.5 Å². The van der Waals surface area contributed by atoms with Gasteiger partial charge in [-0.25, -0.2) is 13.6 Å². The molecule has 3 aliphatic rings. The Bertz CT molecular complexity index is 2130. The predicted octanol–water partition coefficient (Wildman–Crippen LogP) is 10.9. The summed E-state index contributed by atoms with van der Waals surface area (Å²) in [4.78, 5) is 19.6. The van der Waals surface area contributed by atoms with Crippen LogP contribution < -0.4 is 4.74 Å². The molecule has 1 aliphatic carbocycles. The molecular weight excluding hydrogens is 689 g/mol. The number of hydrogen-bond acceptors (Lipinski definition) is 5. The molecule has 2 aliphatic heterocycles. The van der Waals surface area contributed by atoms with Gasteiger partial charge >= 0.3 is 6.09 Å². The lowest BCUT2D eigenvalue weighted by Gasteiger charge is -2.44. The van der Waals surface area contributed by atoms with Gasteiger partial charge in [0, 0.05) is 47.8 Å². The largest absolute Gasteiger partial charge is 0.468 e. The van der Waals surface area contributed by atoms with Crippen LogP contribution in [0.15, 0.2) is 42.7 Å². The zero-order chi connectivity index (χ0) is 38.6. The maximum Gasteiger partial charge on any atom is 0.410 e. The number of carbonyl (C=O) groups excluding carboxylic acids is 1. The third kappa shape index (κ3) is 6.99. The van der Waals surface area contributed by atoms with Crippen molar-refractivity contribution in [2.75, 3.05) is 20.4 Å². The Morgan fingerprint density at radius 3 is 2.34 bits per heavy atom. The minimum absolute atomic E-state index is 0.0103. The third-order valence-electron chi connectivity index (χ3n) is 11.2. The van der Waals surface area contributed by atoms with E-state index in [1.165, 1.54) is 13.2 Å². The monoisotopic (exact) mass is 741 g/mol. The third-order valence-corrected chi connectivity index (χ3v) is 17.5. The summed E-state index contributed by atoms with van der Waals surface area (Å²) in [6, 6.07) is 6.51. The van der Waals surface area contributed by atoms with Crippen LogP contribution in [0.25, 0.3) is 38.6 Å². The van der Waals surface area contributed by atoms with Crippen molar-refractivity contribution >= 4 is 41.5 Å². The van der Waals surface area contributed by atoms with E-state index < -0.39 is 25.3 Å². The number of aryl methyl sites for hydroxylation is 1. The average Bonchev–Trinajstić information content (AvgIpc) is 3.43. The minimum atomic E-state index is -2.24. The van der Waals surface area contributed by atoms with E-state index >= 15 is 8.78 Å². The Morgan fingerprint density at radius 2 is 1.74 bits per heavy atom. The Labute approximate surface area is 313 Å². The Balaban J connectivity index is 1.52. The second-order valence-corrected chi connectivity index (χ2v) is 22.2. The first kappa shape index (κ1) is 38.5. The molecule has 7 rings (SSSR count). The van der Waals surface area contributed by atoms with Crippen LogP contribution in [0.1, 0.15) is 86.3 Å². The highest BCUT2D eigenvalue weighted by Gasteiger charge is 2.42. The second kappa shape index (κ2) is 14.6. The lowest BCUT2D eigenvalue weighted by Crippen LogP contribution is -2.51. The van der Waals surface area contributed by atoms with Gasteiger partial charge in [-0.15, -0.1) is 5.54 Å². The van der Waals surface area contributed by atoms with Gasteiger partial charge in [0.1, 0.15) is 30.9 Å². The number of fused-ring (bicyclic) bond motifs is 4. The second-order valence-electron chi connectivity index (χ2n) is 16.6. The quantitative estimate of drug-likeness (QED) is 0.102. The number of rotatable bonds is 8. The van der Waals surface area contributed by atoms with Gasteiger partial charge in [-0.2, -0.15) is 0 Å². The molecule has 1 saturated heterocycles. The number of amides is 1. The molecule has 1 amide bonds. The van der Waals surface area contributed by atoms with E-state index in [1.54, 1.807) is 23.2 Å². The van der Waals surface area contributed by atoms with E-state index in [0.29, 0.717) is 56.2 Å². The van der Waals surface area contributed by atoms with Gasteiger partial charge < -0.3 is 23.7 Å². The molecule has 4 heterocycles. The average molecular weight is 742 g/mol. The lowest BCUT2D eigenvalue weighted by molar-refractivity contribution is 0.00942. The highest BCUT2D eigenvalue weighted by Crippen LogP contribution is 2.44. The molecule has 2 aromatic carbocycles. The van der Waals surface area contributed by atoms with E-state index in [4.69, 9.17) is 19.2 Å². The maximum atomic E-state index is 17.2. The van der Waals surface area contributed by atoms with Crippen molar-refractivity contribution in [3.8, 4) is 28.5 Å². The summed E-state index contributed by atoms with van der Waals surface area (Å²) in [5.41, 5.74) is 7.29. The Hall–Kier alpha value is -4.20. The number of nitrogens with zero attached hydrogens (tertiary/aromatic N) is 3. The molecule has 0 radical (unpaired) electrons. The van der Waals surface area contributed by atoms with Crippen molar-refractivity contribution in [2.24, 2.45) is 5.92 Å². The number of carbonyl (C=O) groups is 1. The zero-order valence-electron chi connectivity index (χ0n) is 33.0. The number of pyridine rings is 1. The van der Waals surface area contributed by atoms with E-state index in [2.05, 4.69) is 59.1 Å². The molecule has 0 saturated carbocycles. The smallest absolute Gasteiger partial charge is 0.410 e. The van der Waals surface area contributed by atoms with Crippen LogP contribution in [0.5, 0.6) is 5.75 Å². The molecule has 2 atom stereocenters. The summed E-state index contributed by atoms with van der Waals surface area (Å²) in [5, 5.41) is 1.60. The number of halogens is 2. The van der Waals surface area contributed by atoms with Gasteiger partial charge in [0.05, 0.1) is 23.3 Å². The van der Waals surface area contributed by atoms with Crippen molar-refractivity contribution in [1.82, 2.24) is 14.5 Å². The van der Waals surface area contributed by atoms with Gasteiger partial charge in [0.2, 0.25) is 0 Å². The summed E-state index contributed by atoms with van der Waals surface area (Å²) in [5.74, 6) is 2.89. The van der Waals surface area contributed by atoms with Gasteiger partial charge in [-0.05, 0) is 92.4 Å². The van der Waals surface area contributed by atoms with Gasteiger partial charge in [0.25, 0.3) is 0 Å². The van der Waals surface area contributed by atoms with Crippen LogP contribution in [0, 0.1) is 35.9 Å². The fourth-order valence-corrected chi connectivity index (χ4v) is 14.1. The molecule has 1 fully saturated rings. The first-order valence-electron chi connectivity index (χ1n) is 18.8. The fourth-order valence-electron chi connectivity index (χ4n) is 8.85. The summed E-state index contributed by atoms with van der Waals surface area (Å²) in [7, 11) is -0.705. The number of hydrogen-bond donors (Lipinski definition) is 0. The van der Waals surface area contributed by atoms with Crippen LogP contribution in [0.3, 0.4) is 0 Å². The highest BCUT2D eigenvalue weighted by molar-refractivity contribution is 6.90. The highest BCUT2D eigenvalue weighted by atomic mass is 28.3. The lowest BCUT2D eigenvalue weighted by atomic mass is 9.83. The number of ether oxygens (including phenoxy) is 3. The fraction of sp³-hybridized carbons (Fsp3) is 0.488. The van der Waals surface area contributed by atoms with Crippen LogP contribution in [-0.4, -0.2) is 60.7 Å².